The molecule has 2 rings (SSSR count). The van der Waals surface area contributed by atoms with E-state index in [1.54, 1.807) is 0 Å². The fourth-order valence-corrected chi connectivity index (χ4v) is 2.33. The molecular formula is C16H21NO6. The van der Waals surface area contributed by atoms with Gasteiger partial charge in [0.2, 0.25) is 5.91 Å². The van der Waals surface area contributed by atoms with Crippen LogP contribution in [0.3, 0.4) is 0 Å². The summed E-state index contributed by atoms with van der Waals surface area (Å²) in [7, 11) is 0. The first kappa shape index (κ1) is 17.2. The van der Waals surface area contributed by atoms with Crippen molar-refractivity contribution < 1.29 is 29.3 Å². The van der Waals surface area contributed by atoms with Crippen molar-refractivity contribution in [1.82, 2.24) is 4.90 Å². The van der Waals surface area contributed by atoms with E-state index in [0.29, 0.717) is 6.61 Å². The van der Waals surface area contributed by atoms with Crippen molar-refractivity contribution in [2.75, 3.05) is 32.9 Å². The van der Waals surface area contributed by atoms with Gasteiger partial charge in [-0.15, -0.1) is 0 Å². The van der Waals surface area contributed by atoms with Crippen LogP contribution in [0.25, 0.3) is 0 Å². The number of amides is 1. The van der Waals surface area contributed by atoms with Gasteiger partial charge in [0, 0.05) is 25.9 Å². The van der Waals surface area contributed by atoms with Crippen LogP contribution in [-0.4, -0.2) is 65.5 Å². The Morgan fingerprint density at radius 1 is 1.13 bits per heavy atom. The van der Waals surface area contributed by atoms with Gasteiger partial charge in [-0.3, -0.25) is 4.79 Å². The van der Waals surface area contributed by atoms with Crippen LogP contribution in [-0.2, 0) is 14.3 Å². The van der Waals surface area contributed by atoms with E-state index in [4.69, 9.17) is 14.6 Å². The lowest BCUT2D eigenvalue weighted by Crippen LogP contribution is -2.51. The molecule has 0 bridgehead atoms. The van der Waals surface area contributed by atoms with Crippen LogP contribution in [0, 0.1) is 0 Å². The summed E-state index contributed by atoms with van der Waals surface area (Å²) >= 11 is 0. The smallest absolute Gasteiger partial charge is 0.335 e. The highest BCUT2D eigenvalue weighted by Crippen LogP contribution is 2.22. The summed E-state index contributed by atoms with van der Waals surface area (Å²) in [5.74, 6) is -0.706. The molecule has 0 spiro atoms. The maximum atomic E-state index is 11.9. The number of carbonyl (C=O) groups excluding carboxylic acids is 1. The minimum atomic E-state index is -1.72. The van der Waals surface area contributed by atoms with Crippen molar-refractivity contribution in [2.24, 2.45) is 0 Å². The Morgan fingerprint density at radius 3 is 2.39 bits per heavy atom. The SMILES string of the molecule is O=C(COCCOc1ccccc1)N1CCC(O)(C(=O)O)CC1. The molecule has 23 heavy (non-hydrogen) atoms. The third-order valence-corrected chi connectivity index (χ3v) is 3.81. The highest BCUT2D eigenvalue weighted by molar-refractivity contribution is 5.80. The third-order valence-electron chi connectivity index (χ3n) is 3.81. The Morgan fingerprint density at radius 2 is 1.78 bits per heavy atom. The molecule has 1 aliphatic heterocycles. The van der Waals surface area contributed by atoms with E-state index in [0.717, 1.165) is 5.75 Å². The molecule has 1 fully saturated rings. The first-order valence-corrected chi connectivity index (χ1v) is 7.50. The topological polar surface area (TPSA) is 96.3 Å². The number of hydrogen-bond donors (Lipinski definition) is 2. The number of para-hydroxylation sites is 1. The van der Waals surface area contributed by atoms with Crippen LogP contribution in [0.1, 0.15) is 12.8 Å². The fraction of sp³-hybridized carbons (Fsp3) is 0.500. The zero-order valence-electron chi connectivity index (χ0n) is 12.8. The molecule has 1 heterocycles. The highest BCUT2D eigenvalue weighted by atomic mass is 16.5. The molecule has 0 unspecified atom stereocenters. The standard InChI is InChI=1S/C16H21NO6/c18-14(17-8-6-16(21,7-9-17)15(19)20)12-22-10-11-23-13-4-2-1-3-5-13/h1-5,21H,6-12H2,(H,19,20). The number of rotatable bonds is 7. The molecule has 1 aromatic rings. The second-order valence-electron chi connectivity index (χ2n) is 5.43. The molecule has 1 saturated heterocycles. The zero-order valence-corrected chi connectivity index (χ0v) is 12.8. The number of nitrogens with zero attached hydrogens (tertiary/aromatic N) is 1. The lowest BCUT2D eigenvalue weighted by atomic mass is 9.92. The number of piperidine rings is 1. The molecule has 7 heteroatoms. The monoisotopic (exact) mass is 323 g/mol. The zero-order chi connectivity index (χ0) is 16.7. The Hall–Kier alpha value is -2.12. The van der Waals surface area contributed by atoms with Crippen molar-refractivity contribution in [3.05, 3.63) is 30.3 Å². The molecule has 1 aliphatic rings. The number of hydrogen-bond acceptors (Lipinski definition) is 5. The predicted molar refractivity (Wildman–Crippen MR) is 81.2 cm³/mol. The maximum Gasteiger partial charge on any atom is 0.335 e. The Balaban J connectivity index is 1.61. The van der Waals surface area contributed by atoms with Crippen LogP contribution in [0.5, 0.6) is 5.75 Å². The van der Waals surface area contributed by atoms with Gasteiger partial charge in [0.15, 0.2) is 5.60 Å². The molecule has 2 N–H and O–H groups in total. The van der Waals surface area contributed by atoms with Crippen LogP contribution in [0.2, 0.25) is 0 Å². The summed E-state index contributed by atoms with van der Waals surface area (Å²) < 4.78 is 10.7. The number of benzene rings is 1. The molecule has 0 saturated carbocycles. The van der Waals surface area contributed by atoms with Crippen molar-refractivity contribution >= 4 is 11.9 Å². The maximum absolute atomic E-state index is 11.9. The van der Waals surface area contributed by atoms with Gasteiger partial charge in [-0.05, 0) is 12.1 Å². The molecule has 0 atom stereocenters. The minimum absolute atomic E-state index is 0.0329. The summed E-state index contributed by atoms with van der Waals surface area (Å²) in [6.07, 6.45) is 0.0659. The predicted octanol–water partition coefficient (Wildman–Crippen LogP) is 0.520. The number of aliphatic hydroxyl groups is 1. The number of likely N-dealkylation sites (tertiary alicyclic amines) is 1. The van der Waals surface area contributed by atoms with E-state index in [-0.39, 0.29) is 45.1 Å². The summed E-state index contributed by atoms with van der Waals surface area (Å²) in [6, 6.07) is 9.31. The van der Waals surface area contributed by atoms with Gasteiger partial charge in [0.05, 0.1) is 6.61 Å². The third kappa shape index (κ3) is 4.94. The second-order valence-corrected chi connectivity index (χ2v) is 5.43. The van der Waals surface area contributed by atoms with E-state index in [9.17, 15) is 14.7 Å². The van der Waals surface area contributed by atoms with Crippen LogP contribution < -0.4 is 4.74 Å². The highest BCUT2D eigenvalue weighted by Gasteiger charge is 2.40. The first-order valence-electron chi connectivity index (χ1n) is 7.50. The molecule has 0 radical (unpaired) electrons. The molecule has 7 nitrogen and oxygen atoms in total. The van der Waals surface area contributed by atoms with Crippen LogP contribution in [0.4, 0.5) is 0 Å². The lowest BCUT2D eigenvalue weighted by Gasteiger charge is -2.35. The Labute approximate surface area is 134 Å². The van der Waals surface area contributed by atoms with Gasteiger partial charge >= 0.3 is 5.97 Å². The average molecular weight is 323 g/mol. The minimum Gasteiger partial charge on any atom is -0.491 e. The van der Waals surface area contributed by atoms with E-state index < -0.39 is 11.6 Å². The summed E-state index contributed by atoms with van der Waals surface area (Å²) in [4.78, 5) is 24.4. The Kier molecular flexibility index (Phi) is 5.95. The molecule has 0 aromatic heterocycles. The Bertz CT molecular complexity index is 525. The van der Waals surface area contributed by atoms with E-state index in [1.807, 2.05) is 30.3 Å². The number of carbonyl (C=O) groups is 2. The van der Waals surface area contributed by atoms with Crippen LogP contribution >= 0.6 is 0 Å². The quantitative estimate of drug-likeness (QED) is 0.710. The van der Waals surface area contributed by atoms with Crippen molar-refractivity contribution in [3.8, 4) is 5.75 Å². The number of carboxylic acids is 1. The molecular weight excluding hydrogens is 302 g/mol. The first-order chi connectivity index (χ1) is 11.0. The van der Waals surface area contributed by atoms with Gasteiger partial charge in [0.25, 0.3) is 0 Å². The van der Waals surface area contributed by atoms with E-state index >= 15 is 0 Å². The van der Waals surface area contributed by atoms with Gasteiger partial charge in [-0.2, -0.15) is 0 Å². The van der Waals surface area contributed by atoms with Crippen molar-refractivity contribution in [3.63, 3.8) is 0 Å². The normalized spacial score (nSPS) is 16.8. The molecule has 1 amide bonds. The van der Waals surface area contributed by atoms with Gasteiger partial charge in [-0.25, -0.2) is 4.79 Å². The lowest BCUT2D eigenvalue weighted by molar-refractivity contribution is -0.166. The number of aliphatic carboxylic acids is 1. The molecule has 0 aliphatic carbocycles. The fourth-order valence-electron chi connectivity index (χ4n) is 2.33. The van der Waals surface area contributed by atoms with E-state index in [1.165, 1.54) is 4.90 Å². The van der Waals surface area contributed by atoms with Gasteiger partial charge in [0.1, 0.15) is 19.0 Å². The van der Waals surface area contributed by atoms with Crippen molar-refractivity contribution in [1.29, 1.82) is 0 Å². The van der Waals surface area contributed by atoms with Crippen LogP contribution in [0.15, 0.2) is 30.3 Å². The largest absolute Gasteiger partial charge is 0.491 e. The number of carboxylic acid groups (broad SMARTS) is 1. The van der Waals surface area contributed by atoms with Crippen molar-refractivity contribution in [2.45, 2.75) is 18.4 Å². The molecule has 1 aromatic carbocycles. The average Bonchev–Trinajstić information content (AvgIpc) is 2.56. The van der Waals surface area contributed by atoms with E-state index in [2.05, 4.69) is 0 Å². The summed E-state index contributed by atoms with van der Waals surface area (Å²) in [6.45, 7) is 0.976. The second kappa shape index (κ2) is 7.94. The number of ether oxygens (including phenoxy) is 2. The summed E-state index contributed by atoms with van der Waals surface area (Å²) in [5, 5.41) is 18.7. The van der Waals surface area contributed by atoms with Gasteiger partial charge in [-0.1, -0.05) is 18.2 Å². The molecule has 126 valence electrons. The van der Waals surface area contributed by atoms with Gasteiger partial charge < -0.3 is 24.6 Å². The summed E-state index contributed by atoms with van der Waals surface area (Å²) in [5.41, 5.74) is -1.72.